The lowest BCUT2D eigenvalue weighted by molar-refractivity contribution is -0.917. The molecule has 2 heterocycles. The molecule has 0 aliphatic carbocycles. The second-order valence-corrected chi connectivity index (χ2v) is 8.27. The number of carbonyl (C=O) groups excluding carboxylic acids is 1. The molecule has 0 spiro atoms. The number of nitro groups is 1. The minimum Gasteiger partial charge on any atom is -0.378 e. The van der Waals surface area contributed by atoms with E-state index < -0.39 is 4.92 Å². The number of benzene rings is 2. The molecule has 0 unspecified atom stereocenters. The average molecular weight is 426 g/mol. The number of piperazine rings is 1. The van der Waals surface area contributed by atoms with Crippen molar-refractivity contribution in [3.8, 4) is 0 Å². The molecule has 0 aromatic heterocycles. The van der Waals surface area contributed by atoms with Crippen molar-refractivity contribution in [1.82, 2.24) is 4.90 Å². The van der Waals surface area contributed by atoms with Crippen LogP contribution in [-0.2, 0) is 11.3 Å². The van der Waals surface area contributed by atoms with E-state index in [9.17, 15) is 14.9 Å². The first-order valence-corrected chi connectivity index (χ1v) is 10.8. The van der Waals surface area contributed by atoms with Gasteiger partial charge in [-0.15, -0.1) is 0 Å². The van der Waals surface area contributed by atoms with E-state index in [0.717, 1.165) is 25.3 Å². The third-order valence-electron chi connectivity index (χ3n) is 6.07. The molecule has 0 bridgehead atoms. The van der Waals surface area contributed by atoms with Gasteiger partial charge in [0.15, 0.2) is 0 Å². The van der Waals surface area contributed by atoms with E-state index >= 15 is 0 Å². The van der Waals surface area contributed by atoms with E-state index in [-0.39, 0.29) is 11.6 Å². The fourth-order valence-electron chi connectivity index (χ4n) is 4.37. The minimum atomic E-state index is -0.441. The summed E-state index contributed by atoms with van der Waals surface area (Å²) in [6.07, 6.45) is 0. The summed E-state index contributed by atoms with van der Waals surface area (Å²) in [5, 5.41) is 11.3. The highest BCUT2D eigenvalue weighted by Gasteiger charge is 2.29. The Morgan fingerprint density at radius 3 is 2.52 bits per heavy atom. The molecule has 31 heavy (non-hydrogen) atoms. The van der Waals surface area contributed by atoms with Crippen LogP contribution >= 0.6 is 0 Å². The van der Waals surface area contributed by atoms with Gasteiger partial charge in [-0.1, -0.05) is 29.8 Å². The third kappa shape index (κ3) is 5.03. The molecule has 8 heteroatoms. The lowest BCUT2D eigenvalue weighted by atomic mass is 10.1. The molecular formula is C23H29N4O4+. The fraction of sp³-hybridized carbons (Fsp3) is 0.435. The van der Waals surface area contributed by atoms with Gasteiger partial charge >= 0.3 is 0 Å². The molecule has 2 aromatic rings. The topological polar surface area (TPSA) is 80.4 Å². The van der Waals surface area contributed by atoms with Crippen LogP contribution in [0.3, 0.4) is 0 Å². The van der Waals surface area contributed by atoms with Crippen molar-refractivity contribution in [3.63, 3.8) is 0 Å². The molecule has 2 fully saturated rings. The highest BCUT2D eigenvalue weighted by Crippen LogP contribution is 2.27. The molecule has 0 atom stereocenters. The molecule has 2 aliphatic rings. The number of nitrogens with zero attached hydrogens (tertiary/aromatic N) is 3. The molecule has 1 amide bonds. The molecule has 0 saturated carbocycles. The maximum atomic E-state index is 13.4. The number of nitro benzene ring substituents is 1. The Hall–Kier alpha value is -2.97. The van der Waals surface area contributed by atoms with Gasteiger partial charge in [0.2, 0.25) is 0 Å². The summed E-state index contributed by atoms with van der Waals surface area (Å²) in [5.74, 6) is -0.125. The molecule has 1 N–H and O–H groups in total. The van der Waals surface area contributed by atoms with E-state index in [1.54, 1.807) is 6.07 Å². The zero-order valence-corrected chi connectivity index (χ0v) is 17.9. The van der Waals surface area contributed by atoms with Crippen molar-refractivity contribution in [3.05, 3.63) is 69.3 Å². The Morgan fingerprint density at radius 1 is 1.10 bits per heavy atom. The summed E-state index contributed by atoms with van der Waals surface area (Å²) in [5.41, 5.74) is 3.69. The number of anilines is 1. The van der Waals surface area contributed by atoms with Gasteiger partial charge in [-0.25, -0.2) is 0 Å². The van der Waals surface area contributed by atoms with Crippen LogP contribution in [0.2, 0.25) is 0 Å². The van der Waals surface area contributed by atoms with Crippen molar-refractivity contribution >= 4 is 17.3 Å². The number of rotatable bonds is 5. The largest absolute Gasteiger partial charge is 0.378 e. The Balaban J connectivity index is 1.47. The molecule has 164 valence electrons. The van der Waals surface area contributed by atoms with Crippen LogP contribution in [0.1, 0.15) is 21.5 Å². The van der Waals surface area contributed by atoms with Gasteiger partial charge in [0.25, 0.3) is 11.6 Å². The zero-order chi connectivity index (χ0) is 21.8. The summed E-state index contributed by atoms with van der Waals surface area (Å²) in [6, 6.07) is 13.2. The lowest BCUT2D eigenvalue weighted by Crippen LogP contribution is -3.13. The van der Waals surface area contributed by atoms with E-state index in [0.29, 0.717) is 45.0 Å². The molecular weight excluding hydrogens is 396 g/mol. The number of ether oxygens (including phenoxy) is 1. The van der Waals surface area contributed by atoms with Gasteiger partial charge in [-0.2, -0.15) is 0 Å². The first-order chi connectivity index (χ1) is 15.0. The predicted molar refractivity (Wildman–Crippen MR) is 118 cm³/mol. The maximum absolute atomic E-state index is 13.4. The summed E-state index contributed by atoms with van der Waals surface area (Å²) in [4.78, 5) is 29.6. The van der Waals surface area contributed by atoms with Gasteiger partial charge in [-0.3, -0.25) is 14.9 Å². The van der Waals surface area contributed by atoms with E-state index in [2.05, 4.69) is 36.1 Å². The Bertz CT molecular complexity index is 950. The monoisotopic (exact) mass is 425 g/mol. The average Bonchev–Trinajstić information content (AvgIpc) is 2.79. The summed E-state index contributed by atoms with van der Waals surface area (Å²) in [6.45, 7) is 8.58. The van der Waals surface area contributed by atoms with Gasteiger partial charge in [0, 0.05) is 30.8 Å². The predicted octanol–water partition coefficient (Wildman–Crippen LogP) is 1.28. The Labute approximate surface area is 182 Å². The summed E-state index contributed by atoms with van der Waals surface area (Å²) >= 11 is 0. The number of quaternary nitrogens is 1. The second kappa shape index (κ2) is 9.45. The number of hydrogen-bond donors (Lipinski definition) is 1. The van der Waals surface area contributed by atoms with E-state index in [1.165, 1.54) is 28.2 Å². The van der Waals surface area contributed by atoms with Crippen LogP contribution in [0.5, 0.6) is 0 Å². The highest BCUT2D eigenvalue weighted by molar-refractivity contribution is 6.00. The first-order valence-electron chi connectivity index (χ1n) is 10.8. The quantitative estimate of drug-likeness (QED) is 0.577. The lowest BCUT2D eigenvalue weighted by Gasteiger charge is -2.34. The van der Waals surface area contributed by atoms with Gasteiger partial charge in [0.1, 0.15) is 6.54 Å². The summed E-state index contributed by atoms with van der Waals surface area (Å²) in [7, 11) is 0. The molecule has 4 rings (SSSR count). The van der Waals surface area contributed by atoms with Crippen LogP contribution in [0, 0.1) is 17.0 Å². The van der Waals surface area contributed by atoms with Crippen molar-refractivity contribution in [1.29, 1.82) is 0 Å². The van der Waals surface area contributed by atoms with E-state index in [4.69, 9.17) is 4.74 Å². The minimum absolute atomic E-state index is 0.0518. The van der Waals surface area contributed by atoms with Crippen LogP contribution < -0.4 is 9.80 Å². The molecule has 8 nitrogen and oxygen atoms in total. The van der Waals surface area contributed by atoms with Crippen LogP contribution in [0.15, 0.2) is 42.5 Å². The number of hydrogen-bond acceptors (Lipinski definition) is 5. The van der Waals surface area contributed by atoms with Crippen molar-refractivity contribution in [2.75, 3.05) is 57.4 Å². The fourth-order valence-corrected chi connectivity index (χ4v) is 4.37. The van der Waals surface area contributed by atoms with Gasteiger partial charge in [0.05, 0.1) is 55.6 Å². The van der Waals surface area contributed by atoms with Crippen LogP contribution in [0.25, 0.3) is 0 Å². The van der Waals surface area contributed by atoms with Crippen LogP contribution in [-0.4, -0.2) is 68.2 Å². The molecule has 2 aromatic carbocycles. The number of aryl methyl sites for hydroxylation is 1. The summed E-state index contributed by atoms with van der Waals surface area (Å²) < 4.78 is 5.42. The third-order valence-corrected chi connectivity index (χ3v) is 6.07. The Morgan fingerprint density at radius 2 is 1.84 bits per heavy atom. The van der Waals surface area contributed by atoms with Gasteiger partial charge < -0.3 is 19.4 Å². The normalized spacial score (nSPS) is 17.6. The number of amides is 1. The van der Waals surface area contributed by atoms with Crippen molar-refractivity contribution in [2.45, 2.75) is 13.5 Å². The SMILES string of the molecule is Cc1cccc(C[NH+]2CCN(C(=O)c3cc([N+](=O)[O-])ccc3N3CCOCC3)CC2)c1. The second-order valence-electron chi connectivity index (χ2n) is 8.27. The first kappa shape index (κ1) is 21.3. The Kier molecular flexibility index (Phi) is 6.48. The maximum Gasteiger partial charge on any atom is 0.270 e. The smallest absolute Gasteiger partial charge is 0.270 e. The van der Waals surface area contributed by atoms with Crippen molar-refractivity contribution < 1.29 is 19.4 Å². The standard InChI is InChI=1S/C23H28N4O4/c1-18-3-2-4-19(15-18)17-24-7-9-26(10-8-24)23(28)21-16-20(27(29)30)5-6-22(21)25-11-13-31-14-12-25/h2-6,15-16H,7-14,17H2,1H3/p+1. The molecule has 2 aliphatic heterocycles. The molecule has 2 saturated heterocycles. The number of carbonyl (C=O) groups is 1. The van der Waals surface area contributed by atoms with E-state index in [1.807, 2.05) is 4.90 Å². The molecule has 0 radical (unpaired) electrons. The van der Waals surface area contributed by atoms with Crippen LogP contribution in [0.4, 0.5) is 11.4 Å². The van der Waals surface area contributed by atoms with Crippen molar-refractivity contribution in [2.24, 2.45) is 0 Å². The number of morpholine rings is 1. The highest BCUT2D eigenvalue weighted by atomic mass is 16.6. The van der Waals surface area contributed by atoms with Gasteiger partial charge in [-0.05, 0) is 13.0 Å². The number of non-ortho nitro benzene ring substituents is 1. The zero-order valence-electron chi connectivity index (χ0n) is 17.9. The number of nitrogens with one attached hydrogen (secondary N) is 1.